The number of carbonyl (C=O) groups is 2. The van der Waals surface area contributed by atoms with E-state index in [4.69, 9.17) is 5.73 Å². The van der Waals surface area contributed by atoms with Crippen LogP contribution in [0.15, 0.2) is 48.5 Å². The maximum absolute atomic E-state index is 15.4. The maximum Gasteiger partial charge on any atom is 0.241 e. The van der Waals surface area contributed by atoms with E-state index in [9.17, 15) is 18.0 Å². The highest BCUT2D eigenvalue weighted by Gasteiger charge is 2.40. The minimum Gasteiger partial charge on any atom is -0.368 e. The second-order valence-corrected chi connectivity index (χ2v) is 11.2. The first-order chi connectivity index (χ1) is 16.6. The number of halogens is 1. The first-order valence-corrected chi connectivity index (χ1v) is 13.3. The fraction of sp³-hybridized carbons (Fsp3) is 0.440. The average molecular weight is 503 g/mol. The van der Waals surface area contributed by atoms with Gasteiger partial charge in [-0.15, -0.1) is 0 Å². The third-order valence-electron chi connectivity index (χ3n) is 7.05. The molecule has 2 unspecified atom stereocenters. The number of rotatable bonds is 5. The van der Waals surface area contributed by atoms with E-state index in [1.807, 2.05) is 30.3 Å². The molecule has 2 amide bonds. The predicted octanol–water partition coefficient (Wildman–Crippen LogP) is 2.58. The third kappa shape index (κ3) is 4.90. The lowest BCUT2D eigenvalue weighted by Gasteiger charge is -2.41. The van der Waals surface area contributed by atoms with Gasteiger partial charge in [-0.25, -0.2) is 12.8 Å². The van der Waals surface area contributed by atoms with Crippen LogP contribution in [0, 0.1) is 5.82 Å². The molecule has 0 aliphatic carbocycles. The van der Waals surface area contributed by atoms with Crippen LogP contribution < -0.4 is 10.6 Å². The van der Waals surface area contributed by atoms with Crippen molar-refractivity contribution < 1.29 is 22.4 Å². The molecule has 0 radical (unpaired) electrons. The van der Waals surface area contributed by atoms with Crippen LogP contribution in [0.4, 0.5) is 10.1 Å². The van der Waals surface area contributed by atoms with Crippen LogP contribution in [-0.2, 0) is 19.6 Å². The number of anilines is 1. The van der Waals surface area contributed by atoms with Crippen LogP contribution >= 0.6 is 0 Å². The molecule has 0 spiro atoms. The monoisotopic (exact) mass is 502 g/mol. The number of nitrogens with zero attached hydrogens (tertiary/aromatic N) is 3. The SMILES string of the molecule is CC(=O)N1CCN(c2ccc(C(C)N3CCCC(c4ccccc4)S3(=O)=O)c(F)c2)[C@@H](C(N)=O)C1. The molecule has 3 atom stereocenters. The van der Waals surface area contributed by atoms with Gasteiger partial charge in [-0.05, 0) is 37.5 Å². The Kier molecular flexibility index (Phi) is 7.14. The molecule has 2 aliphatic heterocycles. The molecular weight excluding hydrogens is 471 g/mol. The smallest absolute Gasteiger partial charge is 0.241 e. The predicted molar refractivity (Wildman–Crippen MR) is 131 cm³/mol. The second-order valence-electron chi connectivity index (χ2n) is 9.16. The Morgan fingerprint density at radius 2 is 1.80 bits per heavy atom. The average Bonchev–Trinajstić information content (AvgIpc) is 2.83. The molecule has 2 saturated heterocycles. The number of nitrogens with two attached hydrogens (primary N) is 1. The number of piperazine rings is 1. The Bertz CT molecular complexity index is 1210. The summed E-state index contributed by atoms with van der Waals surface area (Å²) in [5, 5.41) is -0.656. The topological polar surface area (TPSA) is 104 Å². The number of carbonyl (C=O) groups excluding carboxylic acids is 2. The summed E-state index contributed by atoms with van der Waals surface area (Å²) in [6.45, 7) is 4.32. The molecule has 2 aromatic rings. The van der Waals surface area contributed by atoms with Crippen LogP contribution in [0.1, 0.15) is 49.1 Å². The zero-order valence-electron chi connectivity index (χ0n) is 19.9. The Morgan fingerprint density at radius 1 is 1.09 bits per heavy atom. The van der Waals surface area contributed by atoms with Crippen molar-refractivity contribution in [3.05, 3.63) is 65.5 Å². The summed E-state index contributed by atoms with van der Waals surface area (Å²) in [5.74, 6) is -1.30. The van der Waals surface area contributed by atoms with Gasteiger partial charge in [0.15, 0.2) is 0 Å². The molecule has 2 aromatic carbocycles. The van der Waals surface area contributed by atoms with Gasteiger partial charge in [-0.1, -0.05) is 36.4 Å². The van der Waals surface area contributed by atoms with E-state index < -0.39 is 39.1 Å². The quantitative estimate of drug-likeness (QED) is 0.677. The van der Waals surface area contributed by atoms with E-state index in [2.05, 4.69) is 0 Å². The number of hydrogen-bond acceptors (Lipinski definition) is 5. The number of hydrogen-bond donors (Lipinski definition) is 1. The van der Waals surface area contributed by atoms with Crippen molar-refractivity contribution >= 4 is 27.5 Å². The van der Waals surface area contributed by atoms with Gasteiger partial charge in [0, 0.05) is 43.9 Å². The standard InChI is InChI=1S/C25H31FN4O4S/c1-17(30-12-6-9-24(35(30,33)34)19-7-4-3-5-8-19)21-11-10-20(15-22(21)26)29-14-13-28(18(2)31)16-23(29)25(27)32/h3-5,7-8,10-11,15,17,23-24H,6,9,12-14,16H2,1-2H3,(H2,27,32)/t17?,23-,24?/m1/s1. The summed E-state index contributed by atoms with van der Waals surface area (Å²) in [5.41, 5.74) is 7.05. The normalized spacial score (nSPS) is 23.6. The summed E-state index contributed by atoms with van der Waals surface area (Å²) < 4.78 is 43.7. The van der Waals surface area contributed by atoms with Crippen LogP contribution in [-0.4, -0.2) is 61.7 Å². The van der Waals surface area contributed by atoms with Crippen molar-refractivity contribution in [1.82, 2.24) is 9.21 Å². The Hall–Kier alpha value is -2.98. The first kappa shape index (κ1) is 25.1. The van der Waals surface area contributed by atoms with E-state index in [1.54, 1.807) is 28.9 Å². The lowest BCUT2D eigenvalue weighted by Crippen LogP contribution is -2.59. The highest BCUT2D eigenvalue weighted by molar-refractivity contribution is 7.89. The molecule has 2 fully saturated rings. The van der Waals surface area contributed by atoms with Gasteiger partial charge in [-0.3, -0.25) is 9.59 Å². The number of amides is 2. The molecule has 0 saturated carbocycles. The molecule has 2 heterocycles. The fourth-order valence-electron chi connectivity index (χ4n) is 5.10. The zero-order chi connectivity index (χ0) is 25.3. The number of sulfonamides is 1. The maximum atomic E-state index is 15.4. The summed E-state index contributed by atoms with van der Waals surface area (Å²) in [4.78, 5) is 27.1. The molecular formula is C25H31FN4O4S. The first-order valence-electron chi connectivity index (χ1n) is 11.8. The molecule has 35 heavy (non-hydrogen) atoms. The minimum atomic E-state index is -3.69. The summed E-state index contributed by atoms with van der Waals surface area (Å²) in [6, 6.07) is 12.2. The molecule has 0 bridgehead atoms. The van der Waals surface area contributed by atoms with E-state index in [1.165, 1.54) is 17.3 Å². The molecule has 188 valence electrons. The lowest BCUT2D eigenvalue weighted by molar-refractivity contribution is -0.130. The van der Waals surface area contributed by atoms with Gasteiger partial charge >= 0.3 is 0 Å². The van der Waals surface area contributed by atoms with Crippen LogP contribution in [0.2, 0.25) is 0 Å². The minimum absolute atomic E-state index is 0.136. The van der Waals surface area contributed by atoms with Crippen molar-refractivity contribution in [3.8, 4) is 0 Å². The van der Waals surface area contributed by atoms with E-state index in [-0.39, 0.29) is 18.0 Å². The van der Waals surface area contributed by atoms with E-state index >= 15 is 4.39 Å². The van der Waals surface area contributed by atoms with Crippen LogP contribution in [0.3, 0.4) is 0 Å². The van der Waals surface area contributed by atoms with Crippen molar-refractivity contribution in [2.24, 2.45) is 5.73 Å². The van der Waals surface area contributed by atoms with Crippen LogP contribution in [0.25, 0.3) is 0 Å². The number of primary amides is 1. The summed E-state index contributed by atoms with van der Waals surface area (Å²) in [7, 11) is -3.69. The fourth-order valence-corrected chi connectivity index (χ4v) is 7.33. The molecule has 10 heteroatoms. The largest absolute Gasteiger partial charge is 0.368 e. The lowest BCUT2D eigenvalue weighted by atomic mass is 10.0. The molecule has 2 aliphatic rings. The third-order valence-corrected chi connectivity index (χ3v) is 9.43. The highest BCUT2D eigenvalue weighted by atomic mass is 32.2. The Labute approximate surface area is 205 Å². The van der Waals surface area contributed by atoms with Crippen molar-refractivity contribution in [2.75, 3.05) is 31.1 Å². The van der Waals surface area contributed by atoms with Gasteiger partial charge in [0.1, 0.15) is 17.1 Å². The second kappa shape index (κ2) is 9.94. The molecule has 8 nitrogen and oxygen atoms in total. The summed E-state index contributed by atoms with van der Waals surface area (Å²) in [6.07, 6.45) is 1.21. The van der Waals surface area contributed by atoms with Crippen molar-refractivity contribution in [1.29, 1.82) is 0 Å². The summed E-state index contributed by atoms with van der Waals surface area (Å²) >= 11 is 0. The van der Waals surface area contributed by atoms with Crippen molar-refractivity contribution in [3.63, 3.8) is 0 Å². The van der Waals surface area contributed by atoms with Gasteiger partial charge in [0.2, 0.25) is 21.8 Å². The highest BCUT2D eigenvalue weighted by Crippen LogP contribution is 2.39. The van der Waals surface area contributed by atoms with Crippen molar-refractivity contribution in [2.45, 2.75) is 44.0 Å². The van der Waals surface area contributed by atoms with Crippen LogP contribution in [0.5, 0.6) is 0 Å². The zero-order valence-corrected chi connectivity index (χ0v) is 20.7. The van der Waals surface area contributed by atoms with Gasteiger partial charge < -0.3 is 15.5 Å². The Morgan fingerprint density at radius 3 is 2.43 bits per heavy atom. The van der Waals surface area contributed by atoms with E-state index in [0.717, 1.165) is 5.56 Å². The molecule has 0 aromatic heterocycles. The van der Waals surface area contributed by atoms with Gasteiger partial charge in [-0.2, -0.15) is 4.31 Å². The molecule has 4 rings (SSSR count). The Balaban J connectivity index is 1.58. The number of benzene rings is 2. The molecule has 2 N–H and O–H groups in total. The van der Waals surface area contributed by atoms with Gasteiger partial charge in [0.25, 0.3) is 0 Å². The van der Waals surface area contributed by atoms with Gasteiger partial charge in [0.05, 0.1) is 6.54 Å². The van der Waals surface area contributed by atoms with E-state index in [0.29, 0.717) is 38.2 Å².